The Morgan fingerprint density at radius 2 is 1.51 bits per heavy atom. The van der Waals surface area contributed by atoms with E-state index in [2.05, 4.69) is 35.1 Å². The minimum absolute atomic E-state index is 0.00491. The van der Waals surface area contributed by atoms with Crippen molar-refractivity contribution in [3.05, 3.63) is 35.4 Å². The van der Waals surface area contributed by atoms with Crippen molar-refractivity contribution in [2.75, 3.05) is 12.3 Å². The number of nitrogens with one attached hydrogen (secondary N) is 4. The van der Waals surface area contributed by atoms with Crippen molar-refractivity contribution in [2.24, 2.45) is 28.6 Å². The number of amides is 5. The molecule has 1 saturated heterocycles. The Morgan fingerprint density at radius 1 is 0.891 bits per heavy atom. The maximum Gasteiger partial charge on any atom is 0.315 e. The number of likely N-dealkylation sites (tertiary alicyclic amines) is 1. The molecule has 5 fully saturated rings. The van der Waals surface area contributed by atoms with E-state index >= 15 is 4.79 Å². The van der Waals surface area contributed by atoms with Gasteiger partial charge in [-0.1, -0.05) is 77.1 Å². The largest absolute Gasteiger partial charge is 0.347 e. The van der Waals surface area contributed by atoms with Crippen LogP contribution < -0.4 is 21.3 Å². The van der Waals surface area contributed by atoms with E-state index < -0.39 is 67.3 Å². The normalized spacial score (nSPS) is 27.2. The highest BCUT2D eigenvalue weighted by Gasteiger charge is 2.70. The molecule has 5 amide bonds. The molecular formula is C42H61N5O7S. The van der Waals surface area contributed by atoms with Crippen LogP contribution in [0.25, 0.3) is 0 Å². The third kappa shape index (κ3) is 8.05. The number of urea groups is 1. The molecule has 0 spiro atoms. The number of nitrogens with zero attached hydrogens (tertiary/aromatic N) is 1. The van der Waals surface area contributed by atoms with Gasteiger partial charge < -0.3 is 26.2 Å². The molecule has 6 aliphatic rings. The zero-order valence-corrected chi connectivity index (χ0v) is 34.3. The average Bonchev–Trinajstić information content (AvgIpc) is 4.06. The molecular weight excluding hydrogens is 719 g/mol. The van der Waals surface area contributed by atoms with E-state index in [4.69, 9.17) is 0 Å². The topological polar surface area (TPSA) is 171 Å². The molecule has 12 nitrogen and oxygen atoms in total. The van der Waals surface area contributed by atoms with Crippen LogP contribution in [0.15, 0.2) is 24.3 Å². The van der Waals surface area contributed by atoms with Crippen LogP contribution in [0.1, 0.15) is 117 Å². The molecule has 0 aromatic heterocycles. The summed E-state index contributed by atoms with van der Waals surface area (Å²) in [5.74, 6) is -2.16. The third-order valence-electron chi connectivity index (χ3n) is 13.9. The Balaban J connectivity index is 1.16. The van der Waals surface area contributed by atoms with Gasteiger partial charge in [-0.25, -0.2) is 13.2 Å². The van der Waals surface area contributed by atoms with Crippen molar-refractivity contribution in [3.63, 3.8) is 0 Å². The molecule has 55 heavy (non-hydrogen) atoms. The van der Waals surface area contributed by atoms with E-state index in [0.717, 1.165) is 56.1 Å². The fraction of sp³-hybridized carbons (Fsp3) is 0.738. The first kappa shape index (κ1) is 39.7. The molecule has 1 unspecified atom stereocenters. The minimum atomic E-state index is -3.59. The maximum absolute atomic E-state index is 15.2. The monoisotopic (exact) mass is 779 g/mol. The van der Waals surface area contributed by atoms with Gasteiger partial charge >= 0.3 is 6.03 Å². The number of carbonyl (C=O) groups is 5. The lowest BCUT2D eigenvalue weighted by Crippen LogP contribution is -2.65. The lowest BCUT2D eigenvalue weighted by Gasteiger charge is -2.42. The lowest BCUT2D eigenvalue weighted by molar-refractivity contribution is -0.145. The van der Waals surface area contributed by atoms with Crippen LogP contribution in [-0.4, -0.2) is 89.6 Å². The minimum Gasteiger partial charge on any atom is -0.347 e. The molecule has 1 aromatic rings. The van der Waals surface area contributed by atoms with Crippen LogP contribution in [0.2, 0.25) is 0 Å². The number of benzene rings is 1. The summed E-state index contributed by atoms with van der Waals surface area (Å²) in [5, 5.41) is 11.9. The van der Waals surface area contributed by atoms with Crippen molar-refractivity contribution in [3.8, 4) is 0 Å². The van der Waals surface area contributed by atoms with Crippen LogP contribution in [-0.2, 0) is 41.9 Å². The second-order valence-electron chi connectivity index (χ2n) is 19.8. The number of carbonyl (C=O) groups excluding carboxylic acids is 5. The van der Waals surface area contributed by atoms with Crippen LogP contribution in [0.5, 0.6) is 0 Å². The van der Waals surface area contributed by atoms with Crippen LogP contribution in [0, 0.1) is 28.6 Å². The van der Waals surface area contributed by atoms with E-state index in [1.807, 2.05) is 31.2 Å². The van der Waals surface area contributed by atoms with E-state index in [1.165, 1.54) is 0 Å². The van der Waals surface area contributed by atoms with Gasteiger partial charge in [-0.15, -0.1) is 0 Å². The summed E-state index contributed by atoms with van der Waals surface area (Å²) in [5.41, 5.74) is 0.256. The van der Waals surface area contributed by atoms with Gasteiger partial charge in [-0.05, 0) is 100 Å². The quantitative estimate of drug-likeness (QED) is 0.220. The summed E-state index contributed by atoms with van der Waals surface area (Å²) >= 11 is 0. The first-order chi connectivity index (χ1) is 25.7. The number of Topliss-reactive ketones (excluding diaryl/α,β-unsaturated/α-hetero) is 1. The number of hydrogen-bond acceptors (Lipinski definition) is 7. The Kier molecular flexibility index (Phi) is 10.2. The molecule has 302 valence electrons. The van der Waals surface area contributed by atoms with Crippen molar-refractivity contribution in [1.82, 2.24) is 26.2 Å². The van der Waals surface area contributed by atoms with Crippen LogP contribution in [0.3, 0.4) is 0 Å². The second-order valence-corrected chi connectivity index (χ2v) is 22.5. The van der Waals surface area contributed by atoms with Crippen molar-refractivity contribution in [2.45, 2.75) is 153 Å². The molecule has 4 N–H and O–H groups in total. The zero-order valence-electron chi connectivity index (χ0n) is 33.5. The van der Waals surface area contributed by atoms with E-state index in [-0.39, 0.29) is 40.9 Å². The fourth-order valence-corrected chi connectivity index (χ4v) is 11.4. The Bertz CT molecular complexity index is 1810. The van der Waals surface area contributed by atoms with Gasteiger partial charge in [0.25, 0.3) is 5.91 Å². The third-order valence-corrected chi connectivity index (χ3v) is 16.7. The summed E-state index contributed by atoms with van der Waals surface area (Å²) in [4.78, 5) is 71.8. The maximum atomic E-state index is 15.2. The summed E-state index contributed by atoms with van der Waals surface area (Å²) in [6.45, 7) is 11.5. The van der Waals surface area contributed by atoms with E-state index in [0.29, 0.717) is 38.6 Å². The van der Waals surface area contributed by atoms with E-state index in [9.17, 15) is 27.6 Å². The number of ketones is 1. The summed E-state index contributed by atoms with van der Waals surface area (Å²) in [6, 6.07) is 4.52. The molecule has 1 heterocycles. The summed E-state index contributed by atoms with van der Waals surface area (Å²) < 4.78 is 26.1. The van der Waals surface area contributed by atoms with Crippen LogP contribution >= 0.6 is 0 Å². The standard InChI is InChI=1S/C42H61N5O7S/c1-39(2,3)55(53,54)24-42(18-10-7-11-19-42)46-38(52)45-34(41(6)21-26-12-8-9-13-27(26)22-41)37(51)47-23-29-31(40(29,4)5)32(47)35(49)44-30(20-25-14-15-25)33(48)36(50)43-28-16-17-28/h8-9,12-13,25,28-32,34H,7,10-11,14-24H2,1-6H3,(H,43,50)(H,44,49)(H2,45,46,52)/t29-,30?,31-,32-,34+/m0/s1. The molecule has 1 aromatic carbocycles. The van der Waals surface area contributed by atoms with Crippen molar-refractivity contribution >= 4 is 39.4 Å². The number of piperidine rings is 1. The van der Waals surface area contributed by atoms with Crippen LogP contribution in [0.4, 0.5) is 4.79 Å². The molecule has 4 saturated carbocycles. The smallest absolute Gasteiger partial charge is 0.315 e. The summed E-state index contributed by atoms with van der Waals surface area (Å²) in [6.07, 6.45) is 8.55. The van der Waals surface area contributed by atoms with Crippen molar-refractivity contribution < 1.29 is 32.4 Å². The fourth-order valence-electron chi connectivity index (χ4n) is 9.89. The highest BCUT2D eigenvalue weighted by molar-refractivity contribution is 7.92. The predicted molar refractivity (Wildman–Crippen MR) is 208 cm³/mol. The molecule has 13 heteroatoms. The highest BCUT2D eigenvalue weighted by Crippen LogP contribution is 2.65. The molecule has 1 aliphatic heterocycles. The second kappa shape index (κ2) is 14.2. The van der Waals surface area contributed by atoms with Gasteiger partial charge in [0, 0.05) is 18.0 Å². The zero-order chi connectivity index (χ0) is 39.7. The molecule has 0 radical (unpaired) electrons. The molecule has 7 rings (SSSR count). The van der Waals surface area contributed by atoms with Gasteiger partial charge in [0.15, 0.2) is 9.84 Å². The highest BCUT2D eigenvalue weighted by atomic mass is 32.2. The lowest BCUT2D eigenvalue weighted by atomic mass is 9.78. The van der Waals surface area contributed by atoms with Gasteiger partial charge in [-0.2, -0.15) is 0 Å². The average molecular weight is 780 g/mol. The predicted octanol–water partition coefficient (Wildman–Crippen LogP) is 3.99. The first-order valence-electron chi connectivity index (χ1n) is 20.6. The van der Waals surface area contributed by atoms with Gasteiger partial charge in [-0.3, -0.25) is 19.2 Å². The molecule has 0 bridgehead atoms. The Labute approximate surface area is 326 Å². The Hall–Kier alpha value is -3.48. The van der Waals surface area contributed by atoms with E-state index in [1.54, 1.807) is 25.7 Å². The van der Waals surface area contributed by atoms with Gasteiger partial charge in [0.05, 0.1) is 22.1 Å². The Morgan fingerprint density at radius 3 is 2.07 bits per heavy atom. The van der Waals surface area contributed by atoms with Gasteiger partial charge in [0.2, 0.25) is 17.6 Å². The van der Waals surface area contributed by atoms with Gasteiger partial charge in [0.1, 0.15) is 12.1 Å². The molecule has 5 atom stereocenters. The summed E-state index contributed by atoms with van der Waals surface area (Å²) in [7, 11) is -3.59. The van der Waals surface area contributed by atoms with Crippen molar-refractivity contribution in [1.29, 1.82) is 0 Å². The number of fused-ring (bicyclic) bond motifs is 2. The number of rotatable bonds is 13. The molecule has 5 aliphatic carbocycles. The number of hydrogen-bond donors (Lipinski definition) is 4. The first-order valence-corrected chi connectivity index (χ1v) is 22.2. The number of sulfone groups is 1. The SMILES string of the molecule is CC1([C@H](NC(=O)NC2(CS(=O)(=O)C(C)(C)C)CCCCC2)C(=O)N2C[C@H]3[C@@H]([C@H]2C(=O)NC(CC2CC2)C(=O)C(=O)NC2CC2)C3(C)C)Cc2ccccc2C1.